The van der Waals surface area contributed by atoms with Crippen LogP contribution in [-0.2, 0) is 0 Å². The van der Waals surface area contributed by atoms with Gasteiger partial charge in [0.1, 0.15) is 0 Å². The summed E-state index contributed by atoms with van der Waals surface area (Å²) in [5.41, 5.74) is 19.1. The van der Waals surface area contributed by atoms with E-state index in [4.69, 9.17) is 11.5 Å². The SMILES string of the molecule is Cc1cnccc1-c1c(C(N)=O)ccc(-c2ccc(C(N)=O)cc2)c1-c1ccncc1C. The topological polar surface area (TPSA) is 112 Å². The first kappa shape index (κ1) is 20.9. The maximum Gasteiger partial charge on any atom is 0.249 e. The van der Waals surface area contributed by atoms with Gasteiger partial charge in [0.15, 0.2) is 0 Å². The van der Waals surface area contributed by atoms with Gasteiger partial charge in [0.25, 0.3) is 0 Å². The number of pyridine rings is 2. The number of nitrogens with two attached hydrogens (primary N) is 2. The number of hydrogen-bond acceptors (Lipinski definition) is 4. The van der Waals surface area contributed by atoms with Crippen LogP contribution in [0, 0.1) is 13.8 Å². The minimum atomic E-state index is -0.514. The number of rotatable bonds is 5. The van der Waals surface area contributed by atoms with Gasteiger partial charge < -0.3 is 11.5 Å². The van der Waals surface area contributed by atoms with E-state index in [0.717, 1.165) is 44.5 Å². The van der Waals surface area contributed by atoms with Crippen molar-refractivity contribution < 1.29 is 9.59 Å². The van der Waals surface area contributed by atoms with Crippen LogP contribution in [0.2, 0.25) is 0 Å². The van der Waals surface area contributed by atoms with Gasteiger partial charge in [-0.3, -0.25) is 19.6 Å². The van der Waals surface area contributed by atoms with Gasteiger partial charge in [-0.15, -0.1) is 0 Å². The Bertz CT molecular complexity index is 1340. The highest BCUT2D eigenvalue weighted by molar-refractivity contribution is 6.08. The summed E-state index contributed by atoms with van der Waals surface area (Å²) in [5.74, 6) is -1.00. The van der Waals surface area contributed by atoms with Crippen molar-refractivity contribution in [2.45, 2.75) is 13.8 Å². The molecule has 6 heteroatoms. The third kappa shape index (κ3) is 3.74. The number of primary amides is 2. The first-order valence-corrected chi connectivity index (χ1v) is 10.1. The molecule has 158 valence electrons. The number of carbonyl (C=O) groups excluding carboxylic acids is 2. The van der Waals surface area contributed by atoms with E-state index in [9.17, 15) is 9.59 Å². The van der Waals surface area contributed by atoms with E-state index < -0.39 is 11.8 Å². The molecular weight excluding hydrogens is 400 g/mol. The molecule has 0 saturated heterocycles. The number of aryl methyl sites for hydroxylation is 2. The summed E-state index contributed by atoms with van der Waals surface area (Å²) in [6.45, 7) is 3.92. The van der Waals surface area contributed by atoms with Crippen molar-refractivity contribution in [3.05, 3.63) is 95.6 Å². The molecule has 0 aliphatic heterocycles. The Balaban J connectivity index is 2.13. The van der Waals surface area contributed by atoms with Crippen molar-refractivity contribution in [1.82, 2.24) is 9.97 Å². The third-order valence-electron chi connectivity index (χ3n) is 5.53. The normalized spacial score (nSPS) is 10.7. The van der Waals surface area contributed by atoms with E-state index in [-0.39, 0.29) is 0 Å². The summed E-state index contributed by atoms with van der Waals surface area (Å²) in [6, 6.07) is 14.5. The van der Waals surface area contributed by atoms with Gasteiger partial charge in [-0.1, -0.05) is 18.2 Å². The molecule has 0 fully saturated rings. The molecule has 0 bridgehead atoms. The lowest BCUT2D eigenvalue weighted by Crippen LogP contribution is -2.14. The highest BCUT2D eigenvalue weighted by atomic mass is 16.1. The molecule has 32 heavy (non-hydrogen) atoms. The smallest absolute Gasteiger partial charge is 0.249 e. The lowest BCUT2D eigenvalue weighted by atomic mass is 9.83. The average Bonchev–Trinajstić information content (AvgIpc) is 2.79. The molecule has 0 unspecified atom stereocenters. The molecule has 0 radical (unpaired) electrons. The number of amides is 2. The third-order valence-corrected chi connectivity index (χ3v) is 5.53. The van der Waals surface area contributed by atoms with Crippen LogP contribution in [-0.4, -0.2) is 21.8 Å². The quantitative estimate of drug-likeness (QED) is 0.499. The second-order valence-corrected chi connectivity index (χ2v) is 7.60. The van der Waals surface area contributed by atoms with Crippen molar-refractivity contribution in [3.8, 4) is 33.4 Å². The summed E-state index contributed by atoms with van der Waals surface area (Å²) in [6.07, 6.45) is 6.97. The fourth-order valence-electron chi connectivity index (χ4n) is 3.93. The molecule has 4 aromatic rings. The molecule has 2 amide bonds. The second kappa shape index (κ2) is 8.43. The maximum absolute atomic E-state index is 12.5. The Kier molecular flexibility index (Phi) is 5.52. The van der Waals surface area contributed by atoms with E-state index in [1.807, 2.05) is 44.2 Å². The number of nitrogens with zero attached hydrogens (tertiary/aromatic N) is 2. The largest absolute Gasteiger partial charge is 0.366 e. The van der Waals surface area contributed by atoms with Crippen LogP contribution >= 0.6 is 0 Å². The highest BCUT2D eigenvalue weighted by Gasteiger charge is 2.22. The Labute approximate surface area is 186 Å². The van der Waals surface area contributed by atoms with Crippen LogP contribution < -0.4 is 11.5 Å². The van der Waals surface area contributed by atoms with E-state index >= 15 is 0 Å². The average molecular weight is 422 g/mol. The Morgan fingerprint density at radius 1 is 0.656 bits per heavy atom. The lowest BCUT2D eigenvalue weighted by Gasteiger charge is -2.21. The summed E-state index contributed by atoms with van der Waals surface area (Å²) in [4.78, 5) is 32.5. The fourth-order valence-corrected chi connectivity index (χ4v) is 3.93. The van der Waals surface area contributed by atoms with Crippen LogP contribution in [0.15, 0.2) is 73.3 Å². The van der Waals surface area contributed by atoms with E-state index in [0.29, 0.717) is 11.1 Å². The van der Waals surface area contributed by atoms with Gasteiger partial charge in [-0.2, -0.15) is 0 Å². The molecule has 6 nitrogen and oxygen atoms in total. The fraction of sp³-hybridized carbons (Fsp3) is 0.0769. The predicted octanol–water partition coefficient (Wildman–Crippen LogP) is 4.29. The van der Waals surface area contributed by atoms with Crippen molar-refractivity contribution in [1.29, 1.82) is 0 Å². The van der Waals surface area contributed by atoms with E-state index in [1.54, 1.807) is 43.0 Å². The molecule has 4 rings (SSSR count). The minimum absolute atomic E-state index is 0.419. The molecule has 2 heterocycles. The van der Waals surface area contributed by atoms with Crippen molar-refractivity contribution >= 4 is 11.8 Å². The van der Waals surface area contributed by atoms with Crippen molar-refractivity contribution in [2.75, 3.05) is 0 Å². The molecule has 0 aliphatic rings. The molecule has 2 aromatic heterocycles. The van der Waals surface area contributed by atoms with E-state index in [2.05, 4.69) is 9.97 Å². The van der Waals surface area contributed by atoms with Crippen LogP contribution in [0.25, 0.3) is 33.4 Å². The first-order chi connectivity index (χ1) is 15.4. The van der Waals surface area contributed by atoms with Crippen LogP contribution in [0.4, 0.5) is 0 Å². The first-order valence-electron chi connectivity index (χ1n) is 10.1. The van der Waals surface area contributed by atoms with Crippen molar-refractivity contribution in [3.63, 3.8) is 0 Å². The van der Waals surface area contributed by atoms with Crippen LogP contribution in [0.1, 0.15) is 31.8 Å². The molecule has 4 N–H and O–H groups in total. The number of benzene rings is 2. The predicted molar refractivity (Wildman–Crippen MR) is 125 cm³/mol. The van der Waals surface area contributed by atoms with Crippen molar-refractivity contribution in [2.24, 2.45) is 11.5 Å². The molecule has 0 saturated carbocycles. The van der Waals surface area contributed by atoms with Crippen LogP contribution in [0.5, 0.6) is 0 Å². The molecular formula is C26H22N4O2. The highest BCUT2D eigenvalue weighted by Crippen LogP contribution is 2.43. The monoisotopic (exact) mass is 422 g/mol. The van der Waals surface area contributed by atoms with Gasteiger partial charge in [0, 0.05) is 41.5 Å². The molecule has 0 spiro atoms. The minimum Gasteiger partial charge on any atom is -0.366 e. The maximum atomic E-state index is 12.5. The molecule has 0 aliphatic carbocycles. The number of aromatic nitrogens is 2. The summed E-state index contributed by atoms with van der Waals surface area (Å²) >= 11 is 0. The summed E-state index contributed by atoms with van der Waals surface area (Å²) in [7, 11) is 0. The zero-order chi connectivity index (χ0) is 22.8. The molecule has 0 atom stereocenters. The zero-order valence-electron chi connectivity index (χ0n) is 17.8. The van der Waals surface area contributed by atoms with Gasteiger partial charge in [0.2, 0.25) is 11.8 Å². The summed E-state index contributed by atoms with van der Waals surface area (Å²) < 4.78 is 0. The number of hydrogen-bond donors (Lipinski definition) is 2. The number of carbonyl (C=O) groups is 2. The van der Waals surface area contributed by atoms with E-state index in [1.165, 1.54) is 0 Å². The Morgan fingerprint density at radius 2 is 1.22 bits per heavy atom. The standard InChI is InChI=1S/C26H22N4O2/c1-15-13-29-11-9-19(15)23-21(17-3-5-18(6-4-17)25(27)31)7-8-22(26(28)32)24(23)20-10-12-30-14-16(20)2/h3-14H,1-2H3,(H2,27,31)(H2,28,32). The summed E-state index contributed by atoms with van der Waals surface area (Å²) in [5, 5.41) is 0. The van der Waals surface area contributed by atoms with Gasteiger partial charge >= 0.3 is 0 Å². The second-order valence-electron chi connectivity index (χ2n) is 7.60. The molecule has 2 aromatic carbocycles. The van der Waals surface area contributed by atoms with Gasteiger partial charge in [-0.25, -0.2) is 0 Å². The Hall–Kier alpha value is -4.32. The van der Waals surface area contributed by atoms with Gasteiger partial charge in [-0.05, 0) is 83.1 Å². The Morgan fingerprint density at radius 3 is 1.72 bits per heavy atom. The lowest BCUT2D eigenvalue weighted by molar-refractivity contribution is 0.0992. The van der Waals surface area contributed by atoms with Gasteiger partial charge in [0.05, 0.1) is 0 Å². The van der Waals surface area contributed by atoms with Crippen LogP contribution in [0.3, 0.4) is 0 Å². The zero-order valence-corrected chi connectivity index (χ0v) is 17.8.